The molecule has 146 valence electrons. The molecule has 1 aromatic heterocycles. The van der Waals surface area contributed by atoms with Crippen molar-refractivity contribution in [3.63, 3.8) is 0 Å². The molecular formula is C20H28N4O2S. The molecule has 27 heavy (non-hydrogen) atoms. The first-order valence-electron chi connectivity index (χ1n) is 9.64. The lowest BCUT2D eigenvalue weighted by molar-refractivity contribution is -0.137. The van der Waals surface area contributed by atoms with Gasteiger partial charge >= 0.3 is 0 Å². The molecule has 1 atom stereocenters. The molecule has 7 heteroatoms. The van der Waals surface area contributed by atoms with E-state index >= 15 is 0 Å². The van der Waals surface area contributed by atoms with Crippen LogP contribution in [0.3, 0.4) is 0 Å². The topological polar surface area (TPSA) is 78.1 Å². The third-order valence-corrected chi connectivity index (χ3v) is 5.81. The van der Waals surface area contributed by atoms with E-state index in [4.69, 9.17) is 4.98 Å². The predicted octanol–water partition coefficient (Wildman–Crippen LogP) is 2.92. The molecule has 1 aliphatic heterocycles. The van der Waals surface area contributed by atoms with Crippen LogP contribution in [0.25, 0.3) is 11.0 Å². The highest BCUT2D eigenvalue weighted by Gasteiger charge is 2.30. The van der Waals surface area contributed by atoms with E-state index in [1.165, 1.54) is 0 Å². The molecule has 0 spiro atoms. The second-order valence-electron chi connectivity index (χ2n) is 6.99. The molecule has 0 radical (unpaired) electrons. The molecule has 1 aromatic carbocycles. The Hall–Kier alpha value is -2.02. The summed E-state index contributed by atoms with van der Waals surface area (Å²) in [5.41, 5.74) is 2.05. The van der Waals surface area contributed by atoms with E-state index in [2.05, 4.69) is 10.3 Å². The second-order valence-corrected chi connectivity index (χ2v) is 7.98. The van der Waals surface area contributed by atoms with Crippen molar-refractivity contribution >= 4 is 34.6 Å². The summed E-state index contributed by atoms with van der Waals surface area (Å²) in [6.07, 6.45) is 4.87. The lowest BCUT2D eigenvalue weighted by atomic mass is 9.95. The van der Waals surface area contributed by atoms with E-state index in [0.29, 0.717) is 31.8 Å². The van der Waals surface area contributed by atoms with Crippen LogP contribution in [0.5, 0.6) is 0 Å². The van der Waals surface area contributed by atoms with Crippen LogP contribution < -0.4 is 5.32 Å². The zero-order valence-electron chi connectivity index (χ0n) is 16.0. The molecule has 3 rings (SSSR count). The standard InChI is InChI=1S/C20H28N4O2S/c1-3-18(25)21-17(10-13-27-2)20(26)24-11-8-14(9-12-24)19-22-15-6-4-5-7-16(15)23-19/h4-7,14,17H,3,8-13H2,1-2H3,(H,21,25)(H,22,23). The van der Waals surface area contributed by atoms with Crippen LogP contribution in [0.2, 0.25) is 0 Å². The molecule has 6 nitrogen and oxygen atoms in total. The van der Waals surface area contributed by atoms with Gasteiger partial charge < -0.3 is 15.2 Å². The minimum Gasteiger partial charge on any atom is -0.344 e. The molecule has 2 amide bonds. The van der Waals surface area contributed by atoms with Crippen LogP contribution in [-0.2, 0) is 9.59 Å². The lowest BCUT2D eigenvalue weighted by Gasteiger charge is -2.33. The van der Waals surface area contributed by atoms with E-state index in [9.17, 15) is 9.59 Å². The van der Waals surface area contributed by atoms with Gasteiger partial charge in [0.05, 0.1) is 11.0 Å². The van der Waals surface area contributed by atoms with E-state index < -0.39 is 6.04 Å². The van der Waals surface area contributed by atoms with Crippen molar-refractivity contribution in [1.82, 2.24) is 20.2 Å². The third-order valence-electron chi connectivity index (χ3n) is 5.17. The number of piperidine rings is 1. The van der Waals surface area contributed by atoms with Gasteiger partial charge in [-0.05, 0) is 43.4 Å². The Bertz CT molecular complexity index is 750. The van der Waals surface area contributed by atoms with Gasteiger partial charge in [0, 0.05) is 25.4 Å². The number of likely N-dealkylation sites (tertiary alicyclic amines) is 1. The molecule has 0 saturated carbocycles. The first kappa shape index (κ1) is 19.7. The number of amides is 2. The molecule has 2 aromatic rings. The summed E-state index contributed by atoms with van der Waals surface area (Å²) in [4.78, 5) is 34.7. The average Bonchev–Trinajstić information content (AvgIpc) is 3.14. The Labute approximate surface area is 164 Å². The zero-order chi connectivity index (χ0) is 19.2. The van der Waals surface area contributed by atoms with Crippen LogP contribution in [0.4, 0.5) is 0 Å². The fourth-order valence-electron chi connectivity index (χ4n) is 3.55. The molecule has 1 unspecified atom stereocenters. The molecule has 0 aliphatic carbocycles. The van der Waals surface area contributed by atoms with Crippen molar-refractivity contribution in [2.75, 3.05) is 25.1 Å². The van der Waals surface area contributed by atoms with Crippen molar-refractivity contribution in [2.45, 2.75) is 44.6 Å². The van der Waals surface area contributed by atoms with Gasteiger partial charge in [-0.3, -0.25) is 9.59 Å². The molecule has 2 heterocycles. The van der Waals surface area contributed by atoms with Crippen LogP contribution in [0, 0.1) is 0 Å². The lowest BCUT2D eigenvalue weighted by Crippen LogP contribution is -2.50. The SMILES string of the molecule is CCC(=O)NC(CCSC)C(=O)N1CCC(c2nc3ccccc3[nH]2)CC1. The zero-order valence-corrected chi connectivity index (χ0v) is 16.8. The summed E-state index contributed by atoms with van der Waals surface area (Å²) >= 11 is 1.69. The molecule has 2 N–H and O–H groups in total. The average molecular weight is 389 g/mol. The highest BCUT2D eigenvalue weighted by Crippen LogP contribution is 2.28. The highest BCUT2D eigenvalue weighted by molar-refractivity contribution is 7.98. The van der Waals surface area contributed by atoms with Crippen molar-refractivity contribution in [3.05, 3.63) is 30.1 Å². The minimum atomic E-state index is -0.410. The number of aromatic nitrogens is 2. The van der Waals surface area contributed by atoms with Gasteiger partial charge in [0.15, 0.2) is 0 Å². The summed E-state index contributed by atoms with van der Waals surface area (Å²) < 4.78 is 0. The largest absolute Gasteiger partial charge is 0.344 e. The summed E-state index contributed by atoms with van der Waals surface area (Å²) in [6.45, 7) is 3.22. The van der Waals surface area contributed by atoms with Gasteiger partial charge in [0.2, 0.25) is 11.8 Å². The Balaban J connectivity index is 1.60. The highest BCUT2D eigenvalue weighted by atomic mass is 32.2. The smallest absolute Gasteiger partial charge is 0.245 e. The van der Waals surface area contributed by atoms with Crippen LogP contribution in [0.15, 0.2) is 24.3 Å². The second kappa shape index (κ2) is 9.26. The Morgan fingerprint density at radius 2 is 2.07 bits per heavy atom. The molecule has 1 aliphatic rings. The quantitative estimate of drug-likeness (QED) is 0.764. The number of H-pyrrole nitrogens is 1. The Morgan fingerprint density at radius 1 is 1.33 bits per heavy atom. The van der Waals surface area contributed by atoms with Crippen molar-refractivity contribution in [2.24, 2.45) is 0 Å². The van der Waals surface area contributed by atoms with Crippen LogP contribution in [-0.4, -0.2) is 57.8 Å². The van der Waals surface area contributed by atoms with E-state index in [1.807, 2.05) is 42.3 Å². The van der Waals surface area contributed by atoms with Gasteiger partial charge in [0.1, 0.15) is 11.9 Å². The minimum absolute atomic E-state index is 0.0499. The number of carbonyl (C=O) groups is 2. The summed E-state index contributed by atoms with van der Waals surface area (Å²) in [5.74, 6) is 2.20. The van der Waals surface area contributed by atoms with Crippen LogP contribution >= 0.6 is 11.8 Å². The third kappa shape index (κ3) is 4.83. The van der Waals surface area contributed by atoms with Crippen molar-refractivity contribution in [3.8, 4) is 0 Å². The Morgan fingerprint density at radius 3 is 2.74 bits per heavy atom. The number of benzene rings is 1. The summed E-state index contributed by atoms with van der Waals surface area (Å²) in [5, 5.41) is 2.90. The van der Waals surface area contributed by atoms with Crippen LogP contribution in [0.1, 0.15) is 44.3 Å². The van der Waals surface area contributed by atoms with Crippen molar-refractivity contribution < 1.29 is 9.59 Å². The number of fused-ring (bicyclic) bond motifs is 1. The first-order valence-corrected chi connectivity index (χ1v) is 11.0. The molecule has 1 fully saturated rings. The van der Waals surface area contributed by atoms with E-state index in [-0.39, 0.29) is 11.8 Å². The number of para-hydroxylation sites is 2. The van der Waals surface area contributed by atoms with E-state index in [0.717, 1.165) is 35.5 Å². The fraction of sp³-hybridized carbons (Fsp3) is 0.550. The number of carbonyl (C=O) groups excluding carboxylic acids is 2. The number of nitrogens with zero attached hydrogens (tertiary/aromatic N) is 2. The van der Waals surface area contributed by atoms with Gasteiger partial charge in [-0.2, -0.15) is 11.8 Å². The van der Waals surface area contributed by atoms with Gasteiger partial charge in [-0.1, -0.05) is 19.1 Å². The summed E-state index contributed by atoms with van der Waals surface area (Å²) in [7, 11) is 0. The number of imidazole rings is 1. The van der Waals surface area contributed by atoms with Gasteiger partial charge in [-0.15, -0.1) is 0 Å². The summed E-state index contributed by atoms with van der Waals surface area (Å²) in [6, 6.07) is 7.64. The first-order chi connectivity index (χ1) is 13.1. The van der Waals surface area contributed by atoms with E-state index in [1.54, 1.807) is 11.8 Å². The molecule has 1 saturated heterocycles. The number of rotatable bonds is 7. The number of hydrogen-bond acceptors (Lipinski definition) is 4. The Kier molecular flexibility index (Phi) is 6.77. The number of aromatic amines is 1. The predicted molar refractivity (Wildman–Crippen MR) is 110 cm³/mol. The van der Waals surface area contributed by atoms with Gasteiger partial charge in [0.25, 0.3) is 0 Å². The van der Waals surface area contributed by atoms with Crippen molar-refractivity contribution in [1.29, 1.82) is 0 Å². The maximum Gasteiger partial charge on any atom is 0.245 e. The molecule has 0 bridgehead atoms. The number of nitrogens with one attached hydrogen (secondary N) is 2. The molecular weight excluding hydrogens is 360 g/mol. The number of thioether (sulfide) groups is 1. The maximum absolute atomic E-state index is 12.9. The van der Waals surface area contributed by atoms with Gasteiger partial charge in [-0.25, -0.2) is 4.98 Å². The normalized spacial score (nSPS) is 16.4. The number of hydrogen-bond donors (Lipinski definition) is 2. The maximum atomic E-state index is 12.9. The fourth-order valence-corrected chi connectivity index (χ4v) is 4.02. The monoisotopic (exact) mass is 388 g/mol.